The van der Waals surface area contributed by atoms with Crippen LogP contribution in [0.2, 0.25) is 0 Å². The summed E-state index contributed by atoms with van der Waals surface area (Å²) in [7, 11) is 0. The van der Waals surface area contributed by atoms with Gasteiger partial charge in [-0.15, -0.1) is 13.2 Å². The minimum atomic E-state index is -4.78. The van der Waals surface area contributed by atoms with Crippen molar-refractivity contribution in [3.05, 3.63) is 59.7 Å². The molecular formula is C22H23F3N4O2. The van der Waals surface area contributed by atoms with Crippen molar-refractivity contribution in [1.82, 2.24) is 9.97 Å². The quantitative estimate of drug-likeness (QED) is 0.425. The number of aryl methyl sites for hydroxylation is 2. The van der Waals surface area contributed by atoms with Gasteiger partial charge >= 0.3 is 6.36 Å². The molecule has 0 aliphatic carbocycles. The highest BCUT2D eigenvalue weighted by Crippen LogP contribution is 2.30. The predicted octanol–water partition coefficient (Wildman–Crippen LogP) is 5.20. The van der Waals surface area contributed by atoms with Crippen molar-refractivity contribution in [2.75, 3.05) is 23.8 Å². The normalized spacial score (nSPS) is 11.3. The molecule has 31 heavy (non-hydrogen) atoms. The molecule has 6 nitrogen and oxygen atoms in total. The second kappa shape index (κ2) is 9.65. The molecule has 0 amide bonds. The number of nitrogens with one attached hydrogen (secondary N) is 2. The fourth-order valence-corrected chi connectivity index (χ4v) is 3.01. The van der Waals surface area contributed by atoms with E-state index in [4.69, 9.17) is 5.11 Å². The van der Waals surface area contributed by atoms with E-state index in [1.807, 2.05) is 32.0 Å². The van der Waals surface area contributed by atoms with Crippen LogP contribution in [0.5, 0.6) is 5.75 Å². The number of halogens is 3. The van der Waals surface area contributed by atoms with Gasteiger partial charge in [-0.3, -0.25) is 0 Å². The lowest BCUT2D eigenvalue weighted by Crippen LogP contribution is -2.17. The van der Waals surface area contributed by atoms with Gasteiger partial charge in [-0.2, -0.15) is 4.98 Å². The van der Waals surface area contributed by atoms with Gasteiger partial charge in [-0.05, 0) is 43.5 Å². The number of alkyl halides is 3. The molecule has 0 atom stereocenters. The molecule has 1 aromatic heterocycles. The fourth-order valence-electron chi connectivity index (χ4n) is 3.01. The lowest BCUT2D eigenvalue weighted by atomic mass is 10.1. The highest BCUT2D eigenvalue weighted by molar-refractivity contribution is 5.70. The maximum Gasteiger partial charge on any atom is 0.573 e. The summed E-state index contributed by atoms with van der Waals surface area (Å²) in [6, 6.07) is 13.2. The van der Waals surface area contributed by atoms with E-state index in [-0.39, 0.29) is 12.4 Å². The van der Waals surface area contributed by atoms with Gasteiger partial charge in [0.25, 0.3) is 0 Å². The van der Waals surface area contributed by atoms with Crippen LogP contribution in [0.15, 0.2) is 48.5 Å². The average molecular weight is 432 g/mol. The Labute approximate surface area is 178 Å². The number of para-hydroxylation sites is 1. The molecule has 0 saturated carbocycles. The van der Waals surface area contributed by atoms with Crippen LogP contribution in [0.3, 0.4) is 0 Å². The summed E-state index contributed by atoms with van der Waals surface area (Å²) in [6.45, 7) is 4.39. The van der Waals surface area contributed by atoms with Crippen LogP contribution in [-0.4, -0.2) is 34.6 Å². The van der Waals surface area contributed by atoms with Crippen LogP contribution in [0.1, 0.15) is 17.5 Å². The highest BCUT2D eigenvalue weighted by Gasteiger charge is 2.31. The first-order valence-electron chi connectivity index (χ1n) is 9.68. The van der Waals surface area contributed by atoms with Crippen LogP contribution in [0.25, 0.3) is 11.3 Å². The van der Waals surface area contributed by atoms with Crippen LogP contribution in [0.4, 0.5) is 30.6 Å². The number of rotatable bonds is 8. The van der Waals surface area contributed by atoms with Crippen molar-refractivity contribution >= 4 is 17.5 Å². The van der Waals surface area contributed by atoms with E-state index < -0.39 is 6.36 Å². The van der Waals surface area contributed by atoms with Gasteiger partial charge in [0.2, 0.25) is 5.95 Å². The third-order valence-electron chi connectivity index (χ3n) is 4.44. The Hall–Kier alpha value is -3.33. The lowest BCUT2D eigenvalue weighted by Gasteiger charge is -2.15. The number of ether oxygens (including phenoxy) is 1. The Kier molecular flexibility index (Phi) is 6.96. The minimum Gasteiger partial charge on any atom is -0.406 e. The molecule has 0 aliphatic heterocycles. The standard InChI is InChI=1S/C22H23F3N4O2/c1-14-6-3-7-15(2)20(14)28-19-13-18(27-21(29-19)26-10-5-11-30)16-8-4-9-17(12-16)31-22(23,24)25/h3-4,6-9,12-13,30H,5,10-11H2,1-2H3,(H2,26,27,28,29). The van der Waals surface area contributed by atoms with E-state index >= 15 is 0 Å². The Balaban J connectivity index is 1.98. The molecule has 2 aromatic carbocycles. The molecule has 1 heterocycles. The molecule has 0 saturated heterocycles. The first-order valence-corrected chi connectivity index (χ1v) is 9.68. The number of anilines is 3. The molecule has 3 rings (SSSR count). The third-order valence-corrected chi connectivity index (χ3v) is 4.44. The number of aliphatic hydroxyl groups is 1. The molecular weight excluding hydrogens is 409 g/mol. The zero-order valence-corrected chi connectivity index (χ0v) is 17.1. The summed E-state index contributed by atoms with van der Waals surface area (Å²) in [6.07, 6.45) is -4.28. The van der Waals surface area contributed by atoms with Crippen LogP contribution in [-0.2, 0) is 0 Å². The number of benzene rings is 2. The molecule has 3 N–H and O–H groups in total. The van der Waals surface area contributed by atoms with Gasteiger partial charge in [0.05, 0.1) is 5.69 Å². The molecule has 3 aromatic rings. The molecule has 164 valence electrons. The van der Waals surface area contributed by atoms with Crippen molar-refractivity contribution < 1.29 is 23.0 Å². The molecule has 0 radical (unpaired) electrons. The van der Waals surface area contributed by atoms with Gasteiger partial charge in [-0.1, -0.05) is 30.3 Å². The Morgan fingerprint density at radius 1 is 1.00 bits per heavy atom. The highest BCUT2D eigenvalue weighted by atomic mass is 19.4. The molecule has 0 fully saturated rings. The van der Waals surface area contributed by atoms with Gasteiger partial charge in [0.1, 0.15) is 11.6 Å². The average Bonchev–Trinajstić information content (AvgIpc) is 2.70. The van der Waals surface area contributed by atoms with Crippen LogP contribution < -0.4 is 15.4 Å². The summed E-state index contributed by atoms with van der Waals surface area (Å²) in [5, 5.41) is 15.3. The van der Waals surface area contributed by atoms with Crippen molar-refractivity contribution in [3.8, 4) is 17.0 Å². The van der Waals surface area contributed by atoms with Gasteiger partial charge in [-0.25, -0.2) is 4.98 Å². The lowest BCUT2D eigenvalue weighted by molar-refractivity contribution is -0.274. The first kappa shape index (κ1) is 22.4. The number of nitrogens with zero attached hydrogens (tertiary/aromatic N) is 2. The van der Waals surface area contributed by atoms with E-state index in [9.17, 15) is 13.2 Å². The van der Waals surface area contributed by atoms with E-state index in [1.165, 1.54) is 18.2 Å². The Morgan fingerprint density at radius 2 is 1.71 bits per heavy atom. The molecule has 0 spiro atoms. The second-order valence-corrected chi connectivity index (χ2v) is 6.93. The maximum atomic E-state index is 12.6. The zero-order chi connectivity index (χ0) is 22.4. The number of hydrogen-bond donors (Lipinski definition) is 3. The van der Waals surface area contributed by atoms with Crippen LogP contribution in [0, 0.1) is 13.8 Å². The van der Waals surface area contributed by atoms with Crippen molar-refractivity contribution in [1.29, 1.82) is 0 Å². The van der Waals surface area contributed by atoms with Crippen molar-refractivity contribution in [3.63, 3.8) is 0 Å². The van der Waals surface area contributed by atoms with E-state index in [2.05, 4.69) is 25.3 Å². The Morgan fingerprint density at radius 3 is 2.39 bits per heavy atom. The predicted molar refractivity (Wildman–Crippen MR) is 114 cm³/mol. The largest absolute Gasteiger partial charge is 0.573 e. The smallest absolute Gasteiger partial charge is 0.406 e. The van der Waals surface area contributed by atoms with Gasteiger partial charge in [0.15, 0.2) is 0 Å². The monoisotopic (exact) mass is 432 g/mol. The summed E-state index contributed by atoms with van der Waals surface area (Å²) in [5.41, 5.74) is 3.80. The van der Waals surface area contributed by atoms with Crippen LogP contribution >= 0.6 is 0 Å². The van der Waals surface area contributed by atoms with Gasteiger partial charge < -0.3 is 20.5 Å². The molecule has 0 aliphatic rings. The minimum absolute atomic E-state index is 0.0109. The summed E-state index contributed by atoms with van der Waals surface area (Å²) >= 11 is 0. The topological polar surface area (TPSA) is 79.3 Å². The van der Waals surface area contributed by atoms with Gasteiger partial charge in [0, 0.05) is 30.5 Å². The SMILES string of the molecule is Cc1cccc(C)c1Nc1cc(-c2cccc(OC(F)(F)F)c2)nc(NCCCO)n1. The zero-order valence-electron chi connectivity index (χ0n) is 17.1. The van der Waals surface area contributed by atoms with E-state index in [1.54, 1.807) is 12.1 Å². The number of hydrogen-bond acceptors (Lipinski definition) is 6. The van der Waals surface area contributed by atoms with Crippen molar-refractivity contribution in [2.24, 2.45) is 0 Å². The van der Waals surface area contributed by atoms with Crippen molar-refractivity contribution in [2.45, 2.75) is 26.6 Å². The third kappa shape index (κ3) is 6.32. The van der Waals surface area contributed by atoms with E-state index in [0.29, 0.717) is 36.0 Å². The van der Waals surface area contributed by atoms with E-state index in [0.717, 1.165) is 16.8 Å². The summed E-state index contributed by atoms with van der Waals surface area (Å²) < 4.78 is 41.8. The summed E-state index contributed by atoms with van der Waals surface area (Å²) in [4.78, 5) is 8.88. The fraction of sp³-hybridized carbons (Fsp3) is 0.273. The molecule has 0 unspecified atom stereocenters. The number of aromatic nitrogens is 2. The maximum absolute atomic E-state index is 12.6. The molecule has 9 heteroatoms. The second-order valence-electron chi connectivity index (χ2n) is 6.93. The summed E-state index contributed by atoms with van der Waals surface area (Å²) in [5.74, 6) is 0.445. The number of aliphatic hydroxyl groups excluding tert-OH is 1. The Bertz CT molecular complexity index is 1020. The first-order chi connectivity index (χ1) is 14.7. The molecule has 0 bridgehead atoms.